The summed E-state index contributed by atoms with van der Waals surface area (Å²) in [6, 6.07) is 20.6. The summed E-state index contributed by atoms with van der Waals surface area (Å²) in [7, 11) is 0. The van der Waals surface area contributed by atoms with E-state index in [0.717, 1.165) is 16.7 Å². The summed E-state index contributed by atoms with van der Waals surface area (Å²) in [6.45, 7) is 1.91. The maximum absolute atomic E-state index is 11.8. The van der Waals surface area contributed by atoms with Gasteiger partial charge in [-0.25, -0.2) is 0 Å². The monoisotopic (exact) mass is 356 g/mol. The number of nitrogens with zero attached hydrogens (tertiary/aromatic N) is 1. The van der Waals surface area contributed by atoms with Gasteiger partial charge in [-0.3, -0.25) is 0 Å². The Balaban J connectivity index is 1.97. The summed E-state index contributed by atoms with van der Waals surface area (Å²) in [5.41, 5.74) is 10.9. The molecule has 0 saturated carbocycles. The number of nitrogen functional groups attached to an aromatic ring is 1. The highest BCUT2D eigenvalue weighted by atomic mass is 16.4. The minimum atomic E-state index is -1.23. The van der Waals surface area contributed by atoms with Crippen LogP contribution in [0.1, 0.15) is 22.7 Å². The molecule has 0 saturated heterocycles. The fourth-order valence-corrected chi connectivity index (χ4v) is 2.95. The first-order valence-corrected chi connectivity index (χ1v) is 8.41. The van der Waals surface area contributed by atoms with Gasteiger partial charge in [0.15, 0.2) is 0 Å². The van der Waals surface area contributed by atoms with E-state index in [4.69, 9.17) is 11.0 Å². The predicted molar refractivity (Wildman–Crippen MR) is 104 cm³/mol. The summed E-state index contributed by atoms with van der Waals surface area (Å²) in [5.74, 6) is -1.23. The van der Waals surface area contributed by atoms with Gasteiger partial charge in [-0.2, -0.15) is 5.26 Å². The zero-order valence-corrected chi connectivity index (χ0v) is 14.8. The topological polar surface area (TPSA) is 102 Å². The Morgan fingerprint density at radius 3 is 2.44 bits per heavy atom. The molecular formula is C22H18N3O2-. The van der Waals surface area contributed by atoms with Crippen molar-refractivity contribution >= 4 is 17.3 Å². The quantitative estimate of drug-likeness (QED) is 0.684. The molecule has 0 bridgehead atoms. The smallest absolute Gasteiger partial charge is 0.0991 e. The number of carbonyl (C=O) groups excluding carboxylic acids is 1. The molecule has 134 valence electrons. The molecule has 1 atom stereocenters. The van der Waals surface area contributed by atoms with Crippen molar-refractivity contribution in [2.24, 2.45) is 0 Å². The third kappa shape index (κ3) is 4.25. The van der Waals surface area contributed by atoms with Gasteiger partial charge in [-0.15, -0.1) is 0 Å². The van der Waals surface area contributed by atoms with E-state index in [1.165, 1.54) is 0 Å². The first kappa shape index (κ1) is 18.0. The molecule has 1 unspecified atom stereocenters. The standard InChI is InChI=1S/C22H19N3O2/c1-14-9-17(16-3-2-4-19(24)12-16)11-18(10-14)21(22(26)27)25-20-7-5-15(13-23)6-8-20/h2-12,21,25H,24H2,1H3,(H,26,27)/p-1. The van der Waals surface area contributed by atoms with E-state index in [9.17, 15) is 9.90 Å². The van der Waals surface area contributed by atoms with Crippen molar-refractivity contribution in [2.75, 3.05) is 11.1 Å². The molecule has 3 aromatic carbocycles. The average Bonchev–Trinajstić information content (AvgIpc) is 2.66. The second kappa shape index (κ2) is 7.63. The van der Waals surface area contributed by atoms with Crippen LogP contribution in [0.3, 0.4) is 0 Å². The van der Waals surface area contributed by atoms with E-state index in [2.05, 4.69) is 5.32 Å². The Morgan fingerprint density at radius 2 is 1.81 bits per heavy atom. The molecule has 0 amide bonds. The van der Waals surface area contributed by atoms with Gasteiger partial charge in [0.25, 0.3) is 0 Å². The molecule has 5 nitrogen and oxygen atoms in total. The molecule has 5 heteroatoms. The zero-order chi connectivity index (χ0) is 19.4. The average molecular weight is 356 g/mol. The van der Waals surface area contributed by atoms with Crippen LogP contribution in [0.25, 0.3) is 11.1 Å². The first-order chi connectivity index (χ1) is 13.0. The molecule has 0 heterocycles. The lowest BCUT2D eigenvalue weighted by Crippen LogP contribution is -2.34. The molecule has 0 aliphatic heterocycles. The van der Waals surface area contributed by atoms with Crippen LogP contribution in [-0.2, 0) is 4.79 Å². The number of rotatable bonds is 5. The van der Waals surface area contributed by atoms with Crippen LogP contribution in [-0.4, -0.2) is 5.97 Å². The van der Waals surface area contributed by atoms with Gasteiger partial charge >= 0.3 is 0 Å². The Bertz CT molecular complexity index is 1020. The van der Waals surface area contributed by atoms with E-state index in [0.29, 0.717) is 22.5 Å². The molecule has 3 aromatic rings. The van der Waals surface area contributed by atoms with E-state index < -0.39 is 12.0 Å². The van der Waals surface area contributed by atoms with Gasteiger partial charge in [0.2, 0.25) is 0 Å². The van der Waals surface area contributed by atoms with Crippen molar-refractivity contribution in [1.29, 1.82) is 5.26 Å². The van der Waals surface area contributed by atoms with Crippen LogP contribution in [0, 0.1) is 18.3 Å². The van der Waals surface area contributed by atoms with Gasteiger partial charge in [-0.05, 0) is 66.1 Å². The number of hydrogen-bond acceptors (Lipinski definition) is 5. The van der Waals surface area contributed by atoms with E-state index in [1.54, 1.807) is 30.3 Å². The second-order valence-corrected chi connectivity index (χ2v) is 6.34. The summed E-state index contributed by atoms with van der Waals surface area (Å²) in [4.78, 5) is 11.8. The van der Waals surface area contributed by atoms with Gasteiger partial charge in [-0.1, -0.05) is 29.8 Å². The number of aliphatic carboxylic acids is 1. The molecule has 3 rings (SSSR count). The number of benzene rings is 3. The number of anilines is 2. The van der Waals surface area contributed by atoms with Gasteiger partial charge in [0.1, 0.15) is 0 Å². The third-order valence-electron chi connectivity index (χ3n) is 4.21. The Labute approximate surface area is 157 Å². The lowest BCUT2D eigenvalue weighted by atomic mass is 9.96. The van der Waals surface area contributed by atoms with Crippen molar-refractivity contribution < 1.29 is 9.90 Å². The summed E-state index contributed by atoms with van der Waals surface area (Å²) < 4.78 is 0. The molecule has 0 aromatic heterocycles. The van der Waals surface area contributed by atoms with Crippen LogP contribution in [0.4, 0.5) is 11.4 Å². The Kier molecular flexibility index (Phi) is 5.09. The van der Waals surface area contributed by atoms with Crippen molar-refractivity contribution in [1.82, 2.24) is 0 Å². The molecule has 0 radical (unpaired) electrons. The number of nitrogens with one attached hydrogen (secondary N) is 1. The molecular weight excluding hydrogens is 338 g/mol. The van der Waals surface area contributed by atoms with Crippen LogP contribution in [0.5, 0.6) is 0 Å². The SMILES string of the molecule is Cc1cc(-c2cccc(N)c2)cc(C(Nc2ccc(C#N)cc2)C(=O)[O-])c1. The number of carboxylic acids is 1. The van der Waals surface area contributed by atoms with Crippen molar-refractivity contribution in [3.05, 3.63) is 83.4 Å². The lowest BCUT2D eigenvalue weighted by Gasteiger charge is -2.23. The first-order valence-electron chi connectivity index (χ1n) is 8.41. The second-order valence-electron chi connectivity index (χ2n) is 6.34. The normalized spacial score (nSPS) is 11.4. The fourth-order valence-electron chi connectivity index (χ4n) is 2.95. The highest BCUT2D eigenvalue weighted by molar-refractivity contribution is 5.79. The predicted octanol–water partition coefficient (Wildman–Crippen LogP) is 3.02. The maximum atomic E-state index is 11.8. The minimum absolute atomic E-state index is 0.505. The van der Waals surface area contributed by atoms with Gasteiger partial charge in [0, 0.05) is 11.4 Å². The van der Waals surface area contributed by atoms with E-state index >= 15 is 0 Å². The molecule has 3 N–H and O–H groups in total. The molecule has 0 spiro atoms. The molecule has 27 heavy (non-hydrogen) atoms. The zero-order valence-electron chi connectivity index (χ0n) is 14.8. The number of nitriles is 1. The van der Waals surface area contributed by atoms with E-state index in [-0.39, 0.29) is 0 Å². The number of carbonyl (C=O) groups is 1. The van der Waals surface area contributed by atoms with Crippen LogP contribution in [0.15, 0.2) is 66.7 Å². The summed E-state index contributed by atoms with van der Waals surface area (Å²) in [6.07, 6.45) is 0. The van der Waals surface area contributed by atoms with Crippen molar-refractivity contribution in [3.8, 4) is 17.2 Å². The molecule has 0 aliphatic rings. The maximum Gasteiger partial charge on any atom is 0.0991 e. The van der Waals surface area contributed by atoms with Gasteiger partial charge < -0.3 is 21.0 Å². The number of aryl methyl sites for hydroxylation is 1. The van der Waals surface area contributed by atoms with Crippen molar-refractivity contribution in [3.63, 3.8) is 0 Å². The van der Waals surface area contributed by atoms with Crippen LogP contribution < -0.4 is 16.2 Å². The lowest BCUT2D eigenvalue weighted by molar-refractivity contribution is -0.307. The van der Waals surface area contributed by atoms with Crippen molar-refractivity contribution in [2.45, 2.75) is 13.0 Å². The summed E-state index contributed by atoms with van der Waals surface area (Å²) in [5, 5.41) is 23.6. The highest BCUT2D eigenvalue weighted by Crippen LogP contribution is 2.28. The van der Waals surface area contributed by atoms with Gasteiger partial charge in [0.05, 0.1) is 23.6 Å². The van der Waals surface area contributed by atoms with E-state index in [1.807, 2.05) is 49.4 Å². The Morgan fingerprint density at radius 1 is 1.07 bits per heavy atom. The van der Waals surface area contributed by atoms with Crippen LogP contribution >= 0.6 is 0 Å². The summed E-state index contributed by atoms with van der Waals surface area (Å²) >= 11 is 0. The number of hydrogen-bond donors (Lipinski definition) is 2. The molecule has 0 aliphatic carbocycles. The number of nitrogens with two attached hydrogens (primary N) is 1. The fraction of sp³-hybridized carbons (Fsp3) is 0.0909. The highest BCUT2D eigenvalue weighted by Gasteiger charge is 2.15. The Hall–Kier alpha value is -3.78. The van der Waals surface area contributed by atoms with Crippen LogP contribution in [0.2, 0.25) is 0 Å². The third-order valence-corrected chi connectivity index (χ3v) is 4.21. The largest absolute Gasteiger partial charge is 0.548 e. The molecule has 0 fully saturated rings. The number of carboxylic acid groups (broad SMARTS) is 1. The minimum Gasteiger partial charge on any atom is -0.548 e.